The van der Waals surface area contributed by atoms with Gasteiger partial charge in [-0.05, 0) is 48.0 Å². The van der Waals surface area contributed by atoms with Crippen LogP contribution in [-0.4, -0.2) is 35.6 Å². The van der Waals surface area contributed by atoms with E-state index in [1.54, 1.807) is 42.7 Å². The highest BCUT2D eigenvalue weighted by Gasteiger charge is 2.36. The van der Waals surface area contributed by atoms with Crippen LogP contribution in [0.2, 0.25) is 0 Å². The third-order valence-electron chi connectivity index (χ3n) is 5.21. The summed E-state index contributed by atoms with van der Waals surface area (Å²) >= 11 is 0. The first kappa shape index (κ1) is 22.8. The molecule has 0 radical (unpaired) electrons. The number of amides is 1. The molecule has 11 heteroatoms. The highest BCUT2D eigenvalue weighted by atomic mass is 19.4. The van der Waals surface area contributed by atoms with Crippen LogP contribution in [0.25, 0.3) is 28.1 Å². The van der Waals surface area contributed by atoms with Gasteiger partial charge in [-0.3, -0.25) is 9.78 Å². The predicted octanol–water partition coefficient (Wildman–Crippen LogP) is 5.06. The van der Waals surface area contributed by atoms with Crippen molar-refractivity contribution < 1.29 is 18.0 Å². The SMILES string of the molecule is O=C(Nc1ccc(-n2nc(-c3cccnc3)cc2C(F)(F)F)cn1)c1cccc(-c2cncnc2)c1. The fourth-order valence-corrected chi connectivity index (χ4v) is 3.50. The van der Waals surface area contributed by atoms with E-state index in [0.29, 0.717) is 11.1 Å². The lowest BCUT2D eigenvalue weighted by atomic mass is 10.1. The maximum atomic E-state index is 13.7. The molecule has 36 heavy (non-hydrogen) atoms. The number of carbonyl (C=O) groups excluding carboxylic acids is 1. The van der Waals surface area contributed by atoms with Crippen LogP contribution in [0.5, 0.6) is 0 Å². The van der Waals surface area contributed by atoms with E-state index in [1.165, 1.54) is 37.1 Å². The van der Waals surface area contributed by atoms with Crippen LogP contribution in [0.3, 0.4) is 0 Å². The zero-order valence-electron chi connectivity index (χ0n) is 18.4. The molecule has 5 rings (SSSR count). The number of halogens is 3. The molecule has 1 aromatic carbocycles. The van der Waals surface area contributed by atoms with Crippen molar-refractivity contribution in [3.63, 3.8) is 0 Å². The number of carbonyl (C=O) groups is 1. The van der Waals surface area contributed by atoms with Crippen LogP contribution in [0.4, 0.5) is 19.0 Å². The Hall–Kier alpha value is -4.93. The van der Waals surface area contributed by atoms with Crippen molar-refractivity contribution in [3.05, 3.63) is 103 Å². The second-order valence-electron chi connectivity index (χ2n) is 7.63. The van der Waals surface area contributed by atoms with Gasteiger partial charge in [0.1, 0.15) is 17.8 Å². The molecule has 0 unspecified atom stereocenters. The van der Waals surface area contributed by atoms with E-state index >= 15 is 0 Å². The summed E-state index contributed by atoms with van der Waals surface area (Å²) in [5.41, 5.74) is 1.58. The van der Waals surface area contributed by atoms with Gasteiger partial charge in [0, 0.05) is 41.5 Å². The van der Waals surface area contributed by atoms with Crippen molar-refractivity contribution in [2.75, 3.05) is 5.32 Å². The van der Waals surface area contributed by atoms with E-state index in [1.807, 2.05) is 6.07 Å². The Morgan fingerprint density at radius 3 is 2.31 bits per heavy atom. The molecule has 0 aliphatic rings. The third kappa shape index (κ3) is 4.80. The van der Waals surface area contributed by atoms with Gasteiger partial charge >= 0.3 is 6.18 Å². The predicted molar refractivity (Wildman–Crippen MR) is 125 cm³/mol. The van der Waals surface area contributed by atoms with E-state index in [2.05, 4.69) is 30.4 Å². The number of hydrogen-bond acceptors (Lipinski definition) is 6. The van der Waals surface area contributed by atoms with Gasteiger partial charge in [0.25, 0.3) is 5.91 Å². The number of rotatable bonds is 5. The highest BCUT2D eigenvalue weighted by molar-refractivity contribution is 6.04. The molecule has 0 saturated heterocycles. The third-order valence-corrected chi connectivity index (χ3v) is 5.21. The number of pyridine rings is 2. The first-order valence-corrected chi connectivity index (χ1v) is 10.6. The minimum atomic E-state index is -4.64. The molecular formula is C25H16F3N7O. The summed E-state index contributed by atoms with van der Waals surface area (Å²) in [4.78, 5) is 28.7. The van der Waals surface area contributed by atoms with Gasteiger partial charge in [-0.2, -0.15) is 18.3 Å². The standard InChI is InChI=1S/C25H16F3N7O/c26-25(27,28)22-10-21(18-5-2-8-29-11-18)34-35(22)20-6-7-23(32-14-20)33-24(36)17-4-1-3-16(9-17)19-12-30-15-31-13-19/h1-15H,(H,32,33,36). The number of benzene rings is 1. The molecule has 0 aliphatic carbocycles. The Balaban J connectivity index is 1.39. The number of alkyl halides is 3. The molecule has 1 N–H and O–H groups in total. The Morgan fingerprint density at radius 1 is 0.833 bits per heavy atom. The average Bonchev–Trinajstić information content (AvgIpc) is 3.37. The molecule has 0 aliphatic heterocycles. The van der Waals surface area contributed by atoms with Crippen LogP contribution in [-0.2, 0) is 6.18 Å². The number of aromatic nitrogens is 6. The molecular weight excluding hydrogens is 471 g/mol. The van der Waals surface area contributed by atoms with Crippen LogP contribution in [0, 0.1) is 0 Å². The summed E-state index contributed by atoms with van der Waals surface area (Å²) in [6, 6.07) is 13.9. The van der Waals surface area contributed by atoms with E-state index < -0.39 is 17.8 Å². The maximum absolute atomic E-state index is 13.7. The molecule has 1 amide bonds. The smallest absolute Gasteiger partial charge is 0.307 e. The normalized spacial score (nSPS) is 11.3. The molecule has 5 aromatic rings. The van der Waals surface area contributed by atoms with Crippen molar-refractivity contribution in [2.24, 2.45) is 0 Å². The van der Waals surface area contributed by atoms with Gasteiger partial charge < -0.3 is 5.32 Å². The molecule has 178 valence electrons. The minimum absolute atomic E-state index is 0.0848. The monoisotopic (exact) mass is 487 g/mol. The molecule has 4 aromatic heterocycles. The van der Waals surface area contributed by atoms with Crippen LogP contribution in [0.1, 0.15) is 16.1 Å². The molecule has 0 saturated carbocycles. The lowest BCUT2D eigenvalue weighted by Crippen LogP contribution is -2.15. The van der Waals surface area contributed by atoms with Gasteiger partial charge in [-0.25, -0.2) is 19.6 Å². The number of nitrogens with zero attached hydrogens (tertiary/aromatic N) is 6. The fraction of sp³-hybridized carbons (Fsp3) is 0.0400. The molecule has 0 bridgehead atoms. The zero-order chi connectivity index (χ0) is 25.1. The van der Waals surface area contributed by atoms with Crippen LogP contribution < -0.4 is 5.32 Å². The molecule has 0 atom stereocenters. The van der Waals surface area contributed by atoms with Crippen molar-refractivity contribution in [3.8, 4) is 28.1 Å². The van der Waals surface area contributed by atoms with Crippen molar-refractivity contribution in [1.29, 1.82) is 0 Å². The van der Waals surface area contributed by atoms with Gasteiger partial charge in [0.15, 0.2) is 0 Å². The Morgan fingerprint density at radius 2 is 1.61 bits per heavy atom. The summed E-state index contributed by atoms with van der Waals surface area (Å²) < 4.78 is 41.9. The molecule has 4 heterocycles. The Labute approximate surface area is 202 Å². The molecule has 8 nitrogen and oxygen atoms in total. The second-order valence-corrected chi connectivity index (χ2v) is 7.63. The van der Waals surface area contributed by atoms with E-state index in [0.717, 1.165) is 21.9 Å². The highest BCUT2D eigenvalue weighted by Crippen LogP contribution is 2.34. The maximum Gasteiger partial charge on any atom is 0.433 e. The number of nitrogens with one attached hydrogen (secondary N) is 1. The van der Waals surface area contributed by atoms with E-state index in [9.17, 15) is 18.0 Å². The number of anilines is 1. The summed E-state index contributed by atoms with van der Waals surface area (Å²) in [6.45, 7) is 0. The summed E-state index contributed by atoms with van der Waals surface area (Å²) in [6.07, 6.45) is 4.20. The van der Waals surface area contributed by atoms with Gasteiger partial charge in [0.2, 0.25) is 0 Å². The first-order valence-electron chi connectivity index (χ1n) is 10.6. The van der Waals surface area contributed by atoms with E-state index in [4.69, 9.17) is 0 Å². The zero-order valence-corrected chi connectivity index (χ0v) is 18.4. The minimum Gasteiger partial charge on any atom is -0.307 e. The van der Waals surface area contributed by atoms with Crippen molar-refractivity contribution in [1.82, 2.24) is 29.7 Å². The quantitative estimate of drug-likeness (QED) is 0.372. The summed E-state index contributed by atoms with van der Waals surface area (Å²) in [5, 5.41) is 6.76. The molecule has 0 spiro atoms. The van der Waals surface area contributed by atoms with Crippen molar-refractivity contribution >= 4 is 11.7 Å². The average molecular weight is 487 g/mol. The van der Waals surface area contributed by atoms with Gasteiger partial charge in [-0.1, -0.05) is 12.1 Å². The number of hydrogen-bond donors (Lipinski definition) is 1. The first-order chi connectivity index (χ1) is 17.4. The largest absolute Gasteiger partial charge is 0.433 e. The Kier molecular flexibility index (Phi) is 5.95. The van der Waals surface area contributed by atoms with Gasteiger partial charge in [-0.15, -0.1) is 0 Å². The fourth-order valence-electron chi connectivity index (χ4n) is 3.50. The van der Waals surface area contributed by atoms with E-state index in [-0.39, 0.29) is 17.2 Å². The lowest BCUT2D eigenvalue weighted by Gasteiger charge is -2.11. The Bertz CT molecular complexity index is 1500. The summed E-state index contributed by atoms with van der Waals surface area (Å²) in [5.74, 6) is -0.256. The van der Waals surface area contributed by atoms with Gasteiger partial charge in [0.05, 0.1) is 17.6 Å². The topological polar surface area (TPSA) is 98.5 Å². The second kappa shape index (κ2) is 9.37. The molecule has 0 fully saturated rings. The van der Waals surface area contributed by atoms with Crippen LogP contribution in [0.15, 0.2) is 91.9 Å². The summed E-state index contributed by atoms with van der Waals surface area (Å²) in [7, 11) is 0. The van der Waals surface area contributed by atoms with Crippen molar-refractivity contribution in [2.45, 2.75) is 6.18 Å². The van der Waals surface area contributed by atoms with Crippen LogP contribution >= 0.6 is 0 Å². The lowest BCUT2D eigenvalue weighted by molar-refractivity contribution is -0.142.